The van der Waals surface area contributed by atoms with Crippen molar-refractivity contribution in [2.24, 2.45) is 0 Å². The Morgan fingerprint density at radius 2 is 1.52 bits per heavy atom. The lowest BCUT2D eigenvalue weighted by molar-refractivity contribution is 0.356. The van der Waals surface area contributed by atoms with Gasteiger partial charge in [-0.3, -0.25) is 9.48 Å². The van der Waals surface area contributed by atoms with E-state index in [9.17, 15) is 9.18 Å². The van der Waals surface area contributed by atoms with E-state index in [4.69, 9.17) is 23.2 Å². The Morgan fingerprint density at radius 3 is 2.20 bits per heavy atom. The van der Waals surface area contributed by atoms with E-state index in [1.165, 1.54) is 12.5 Å². The van der Waals surface area contributed by atoms with Crippen molar-refractivity contribution < 1.29 is 4.39 Å². The van der Waals surface area contributed by atoms with Gasteiger partial charge in [-0.2, -0.15) is 0 Å². The second kappa shape index (κ2) is 6.69. The molecule has 2 aromatic rings. The summed E-state index contributed by atoms with van der Waals surface area (Å²) in [5.41, 5.74) is 1.04. The highest BCUT2D eigenvalue weighted by atomic mass is 35.5. The Kier molecular flexibility index (Phi) is 4.54. The summed E-state index contributed by atoms with van der Waals surface area (Å²) in [5, 5.41) is 0.693. The smallest absolute Gasteiger partial charge is 0.276 e. The monoisotopic (exact) mass is 383 g/mol. The predicted molar refractivity (Wildman–Crippen MR) is 99.4 cm³/mol. The Morgan fingerprint density at radius 1 is 0.880 bits per heavy atom. The average Bonchev–Trinajstić information content (AvgIpc) is 2.88. The molecule has 134 valence electrons. The van der Waals surface area contributed by atoms with Crippen LogP contribution in [0.15, 0.2) is 16.9 Å². The summed E-state index contributed by atoms with van der Waals surface area (Å²) in [7, 11) is 0. The fourth-order valence-corrected chi connectivity index (χ4v) is 4.49. The van der Waals surface area contributed by atoms with Gasteiger partial charge in [0.2, 0.25) is 0 Å². The zero-order chi connectivity index (χ0) is 17.6. The van der Waals surface area contributed by atoms with E-state index in [1.54, 1.807) is 15.4 Å². The molecule has 0 aliphatic carbocycles. The highest BCUT2D eigenvalue weighted by molar-refractivity contribution is 6.34. The molecular weight excluding hydrogens is 364 g/mol. The molecule has 7 heteroatoms. The molecule has 0 spiro atoms. The molecule has 0 bridgehead atoms. The summed E-state index contributed by atoms with van der Waals surface area (Å²) in [5.74, 6) is -0.506. The first kappa shape index (κ1) is 17.0. The van der Waals surface area contributed by atoms with Crippen LogP contribution in [0.5, 0.6) is 0 Å². The molecule has 1 aromatic carbocycles. The maximum atomic E-state index is 14.7. The number of hydrogen-bond acceptors (Lipinski definition) is 2. The molecule has 0 saturated carbocycles. The lowest BCUT2D eigenvalue weighted by atomic mass is 10.1. The Hall–Kier alpha value is -1.46. The Labute approximate surface area is 155 Å². The maximum Gasteiger partial charge on any atom is 0.276 e. The van der Waals surface area contributed by atoms with Gasteiger partial charge in [0.15, 0.2) is 0 Å². The van der Waals surface area contributed by atoms with Gasteiger partial charge in [0, 0.05) is 31.7 Å². The lowest BCUT2D eigenvalue weighted by Crippen LogP contribution is -2.29. The van der Waals surface area contributed by atoms with Gasteiger partial charge in [-0.1, -0.05) is 23.2 Å². The highest BCUT2D eigenvalue weighted by Crippen LogP contribution is 2.37. The van der Waals surface area contributed by atoms with Crippen LogP contribution < -0.4 is 10.5 Å². The molecule has 0 atom stereocenters. The molecule has 25 heavy (non-hydrogen) atoms. The van der Waals surface area contributed by atoms with Crippen LogP contribution in [0.25, 0.3) is 11.1 Å². The second-order valence-electron chi connectivity index (χ2n) is 6.76. The van der Waals surface area contributed by atoms with Crippen LogP contribution in [0.4, 0.5) is 10.1 Å². The number of hydrogen-bond donors (Lipinski definition) is 0. The fourth-order valence-electron chi connectivity index (χ4n) is 3.86. The van der Waals surface area contributed by atoms with E-state index in [1.807, 2.05) is 0 Å². The molecule has 1 saturated heterocycles. The third kappa shape index (κ3) is 2.87. The predicted octanol–water partition coefficient (Wildman–Crippen LogP) is 4.55. The molecule has 1 fully saturated rings. The third-order valence-corrected chi connectivity index (χ3v) is 5.85. The first-order valence-corrected chi connectivity index (χ1v) is 9.57. The quantitative estimate of drug-likeness (QED) is 0.761. The molecule has 1 aromatic heterocycles. The molecule has 0 N–H and O–H groups in total. The van der Waals surface area contributed by atoms with Crippen molar-refractivity contribution in [2.75, 3.05) is 18.0 Å². The van der Waals surface area contributed by atoms with Crippen molar-refractivity contribution in [3.63, 3.8) is 0 Å². The molecule has 0 unspecified atom stereocenters. The minimum absolute atomic E-state index is 0.226. The summed E-state index contributed by atoms with van der Waals surface area (Å²) in [6.07, 6.45) is 5.28. The van der Waals surface area contributed by atoms with Crippen LogP contribution in [0.2, 0.25) is 10.2 Å². The molecule has 0 amide bonds. The minimum atomic E-state index is -0.506. The molecule has 0 radical (unpaired) electrons. The van der Waals surface area contributed by atoms with Crippen molar-refractivity contribution in [1.29, 1.82) is 0 Å². The number of benzene rings is 1. The van der Waals surface area contributed by atoms with Crippen LogP contribution in [-0.4, -0.2) is 22.5 Å². The molecule has 2 aliphatic rings. The first-order chi connectivity index (χ1) is 12.1. The van der Waals surface area contributed by atoms with E-state index >= 15 is 0 Å². The van der Waals surface area contributed by atoms with Gasteiger partial charge < -0.3 is 4.90 Å². The highest BCUT2D eigenvalue weighted by Gasteiger charge is 2.26. The van der Waals surface area contributed by atoms with Gasteiger partial charge in [-0.25, -0.2) is 9.07 Å². The van der Waals surface area contributed by atoms with Gasteiger partial charge in [-0.15, -0.1) is 0 Å². The summed E-state index contributed by atoms with van der Waals surface area (Å²) >= 11 is 12.8. The first-order valence-electron chi connectivity index (χ1n) is 8.81. The number of rotatable bonds is 2. The molecule has 2 aliphatic heterocycles. The van der Waals surface area contributed by atoms with Gasteiger partial charge in [0.1, 0.15) is 11.0 Å². The van der Waals surface area contributed by atoms with E-state index in [2.05, 4.69) is 4.90 Å². The summed E-state index contributed by atoms with van der Waals surface area (Å²) in [4.78, 5) is 15.0. The van der Waals surface area contributed by atoms with Crippen molar-refractivity contribution in [1.82, 2.24) is 9.36 Å². The number of nitrogens with zero attached hydrogens (tertiary/aromatic N) is 3. The molecule has 3 heterocycles. The average molecular weight is 384 g/mol. The van der Waals surface area contributed by atoms with Gasteiger partial charge in [0.25, 0.3) is 5.56 Å². The molecule has 4 nitrogen and oxygen atoms in total. The van der Waals surface area contributed by atoms with E-state index in [0.717, 1.165) is 44.5 Å². The zero-order valence-corrected chi connectivity index (χ0v) is 15.4. The number of anilines is 1. The molecule has 4 rings (SSSR count). The maximum absolute atomic E-state index is 14.7. The SMILES string of the molecule is O=c1c(-c2cc(N3CCCCC3)c(Cl)cc2F)c(Cl)n2n1CCCC2. The topological polar surface area (TPSA) is 30.2 Å². The lowest BCUT2D eigenvalue weighted by Gasteiger charge is -2.30. The van der Waals surface area contributed by atoms with E-state index in [-0.39, 0.29) is 16.7 Å². The van der Waals surface area contributed by atoms with Crippen LogP contribution in [0.1, 0.15) is 32.1 Å². The largest absolute Gasteiger partial charge is 0.370 e. The van der Waals surface area contributed by atoms with Gasteiger partial charge >= 0.3 is 0 Å². The van der Waals surface area contributed by atoms with Crippen molar-refractivity contribution in [3.05, 3.63) is 38.5 Å². The van der Waals surface area contributed by atoms with Crippen molar-refractivity contribution in [2.45, 2.75) is 45.2 Å². The summed E-state index contributed by atoms with van der Waals surface area (Å²) in [6, 6.07) is 3.00. The fraction of sp³-hybridized carbons (Fsp3) is 0.500. The van der Waals surface area contributed by atoms with Crippen LogP contribution in [0, 0.1) is 5.82 Å². The Bertz CT molecular complexity index is 868. The third-order valence-electron chi connectivity index (χ3n) is 5.17. The number of fused-ring (bicyclic) bond motifs is 1. The van der Waals surface area contributed by atoms with Gasteiger partial charge in [-0.05, 0) is 44.2 Å². The summed E-state index contributed by atoms with van der Waals surface area (Å²) < 4.78 is 18.1. The standard InChI is InChI=1S/C18H20Cl2FN3O/c19-13-11-14(21)12(10-15(13)22-6-2-1-3-7-22)16-17(20)23-8-4-5-9-24(23)18(16)25/h10-11H,1-9H2. The van der Waals surface area contributed by atoms with Crippen LogP contribution in [-0.2, 0) is 13.1 Å². The van der Waals surface area contributed by atoms with Crippen LogP contribution in [0.3, 0.4) is 0 Å². The number of piperidine rings is 1. The normalized spacial score (nSPS) is 17.6. The van der Waals surface area contributed by atoms with E-state index in [0.29, 0.717) is 23.3 Å². The van der Waals surface area contributed by atoms with Crippen LogP contribution >= 0.6 is 23.2 Å². The minimum Gasteiger partial charge on any atom is -0.370 e. The van der Waals surface area contributed by atoms with Crippen molar-refractivity contribution in [3.8, 4) is 11.1 Å². The summed E-state index contributed by atoms with van der Waals surface area (Å²) in [6.45, 7) is 3.09. The second-order valence-corrected chi connectivity index (χ2v) is 7.52. The zero-order valence-electron chi connectivity index (χ0n) is 13.9. The number of aromatic nitrogens is 2. The van der Waals surface area contributed by atoms with Gasteiger partial charge in [0.05, 0.1) is 16.3 Å². The number of halogens is 3. The van der Waals surface area contributed by atoms with Crippen molar-refractivity contribution >= 4 is 28.9 Å². The van der Waals surface area contributed by atoms with E-state index < -0.39 is 5.82 Å². The Balaban J connectivity index is 1.86. The molecular formula is C18H20Cl2FN3O.